The summed E-state index contributed by atoms with van der Waals surface area (Å²) in [6.07, 6.45) is 2.52. The van der Waals surface area contributed by atoms with Gasteiger partial charge < -0.3 is 19.4 Å². The van der Waals surface area contributed by atoms with Crippen molar-refractivity contribution in [1.82, 2.24) is 4.57 Å². The third-order valence-electron chi connectivity index (χ3n) is 7.14. The number of esters is 2. The third kappa shape index (κ3) is 5.16. The molecule has 0 aliphatic heterocycles. The fourth-order valence-corrected chi connectivity index (χ4v) is 6.64. The van der Waals surface area contributed by atoms with Crippen molar-refractivity contribution in [1.29, 1.82) is 0 Å². The zero-order valence-electron chi connectivity index (χ0n) is 22.6. The van der Waals surface area contributed by atoms with Gasteiger partial charge in [-0.1, -0.05) is 55.5 Å². The molecule has 4 aromatic rings. The van der Waals surface area contributed by atoms with Crippen LogP contribution in [0.4, 0.5) is 5.00 Å². The van der Waals surface area contributed by atoms with Crippen LogP contribution in [0.3, 0.4) is 0 Å². The molecule has 1 aliphatic carbocycles. The molecule has 0 bridgehead atoms. The normalized spacial score (nSPS) is 14.4. The molecule has 1 N–H and O–H groups in total. The van der Waals surface area contributed by atoms with Gasteiger partial charge in [0.2, 0.25) is 0 Å². The largest absolute Gasteiger partial charge is 0.462 e. The third-order valence-corrected chi connectivity index (χ3v) is 8.31. The Hall–Kier alpha value is -4.24. The predicted octanol–water partition coefficient (Wildman–Crippen LogP) is 5.36. The summed E-state index contributed by atoms with van der Waals surface area (Å²) in [5.41, 5.74) is 2.31. The van der Waals surface area contributed by atoms with Gasteiger partial charge in [-0.2, -0.15) is 0 Å². The minimum atomic E-state index is -0.802. The van der Waals surface area contributed by atoms with E-state index in [4.69, 9.17) is 9.47 Å². The lowest BCUT2D eigenvalue weighted by atomic mass is 9.88. The van der Waals surface area contributed by atoms with Crippen LogP contribution in [0.1, 0.15) is 51.6 Å². The maximum Gasteiger partial charge on any atom is 0.356 e. The van der Waals surface area contributed by atoms with Gasteiger partial charge in [-0.3, -0.25) is 9.59 Å². The summed E-state index contributed by atoms with van der Waals surface area (Å²) in [4.78, 5) is 53.4. The number of hydrogen-bond donors (Lipinski definition) is 1. The summed E-state index contributed by atoms with van der Waals surface area (Å²) in [5, 5.41) is 4.26. The number of rotatable bonds is 7. The minimum Gasteiger partial charge on any atom is -0.462 e. The number of carbonyl (C=O) groups excluding carboxylic acids is 3. The second-order valence-corrected chi connectivity index (χ2v) is 11.0. The Kier molecular flexibility index (Phi) is 7.84. The highest BCUT2D eigenvalue weighted by Crippen LogP contribution is 2.40. The van der Waals surface area contributed by atoms with E-state index in [0.717, 1.165) is 35.3 Å². The molecule has 5 rings (SSSR count). The van der Waals surface area contributed by atoms with Gasteiger partial charge >= 0.3 is 11.9 Å². The van der Waals surface area contributed by atoms with E-state index >= 15 is 0 Å². The van der Waals surface area contributed by atoms with Crippen LogP contribution in [0.2, 0.25) is 0 Å². The standard InChI is InChI=1S/C31H30N2O6S/c1-4-38-30(36)26-22-15-14-18(2)16-23(22)40-28(26)32-24(34)17-39-31(37)27-25(19-10-6-5-7-11-19)20-12-8-9-13-21(20)29(35)33(27)3/h5-13,18H,4,14-17H2,1-3H3,(H,32,34). The molecule has 206 valence electrons. The molecule has 1 aliphatic rings. The molecule has 0 spiro atoms. The minimum absolute atomic E-state index is 0.0514. The van der Waals surface area contributed by atoms with Crippen LogP contribution in [0.25, 0.3) is 21.9 Å². The number of carbonyl (C=O) groups is 3. The van der Waals surface area contributed by atoms with Gasteiger partial charge in [0.1, 0.15) is 10.7 Å². The molecule has 1 amide bonds. The van der Waals surface area contributed by atoms with Crippen molar-refractivity contribution in [3.63, 3.8) is 0 Å². The Morgan fingerprint density at radius 2 is 1.70 bits per heavy atom. The van der Waals surface area contributed by atoms with Crippen LogP contribution in [0, 0.1) is 5.92 Å². The Morgan fingerprint density at radius 1 is 1.00 bits per heavy atom. The highest BCUT2D eigenvalue weighted by atomic mass is 32.1. The molecule has 8 nitrogen and oxygen atoms in total. The zero-order valence-corrected chi connectivity index (χ0v) is 23.4. The smallest absolute Gasteiger partial charge is 0.356 e. The van der Waals surface area contributed by atoms with Crippen LogP contribution in [0.15, 0.2) is 59.4 Å². The summed E-state index contributed by atoms with van der Waals surface area (Å²) >= 11 is 1.37. The number of benzene rings is 2. The van der Waals surface area contributed by atoms with E-state index < -0.39 is 24.5 Å². The summed E-state index contributed by atoms with van der Waals surface area (Å²) in [5.74, 6) is -1.37. The molecule has 2 aromatic heterocycles. The number of nitrogens with zero attached hydrogens (tertiary/aromatic N) is 1. The molecular weight excluding hydrogens is 528 g/mol. The number of pyridine rings is 1. The average molecular weight is 559 g/mol. The first-order valence-electron chi connectivity index (χ1n) is 13.3. The van der Waals surface area contributed by atoms with E-state index in [2.05, 4.69) is 12.2 Å². The summed E-state index contributed by atoms with van der Waals surface area (Å²) < 4.78 is 12.0. The van der Waals surface area contributed by atoms with E-state index in [0.29, 0.717) is 32.8 Å². The molecule has 0 saturated heterocycles. The van der Waals surface area contributed by atoms with Gasteiger partial charge in [-0.25, -0.2) is 9.59 Å². The molecule has 9 heteroatoms. The Labute approximate surface area is 235 Å². The van der Waals surface area contributed by atoms with Crippen LogP contribution in [-0.4, -0.2) is 35.6 Å². The lowest BCUT2D eigenvalue weighted by Gasteiger charge is -2.18. The van der Waals surface area contributed by atoms with Gasteiger partial charge in [-0.05, 0) is 54.7 Å². The molecule has 0 saturated carbocycles. The Balaban J connectivity index is 1.43. The lowest BCUT2D eigenvalue weighted by Crippen LogP contribution is -2.28. The van der Waals surface area contributed by atoms with Gasteiger partial charge in [0.05, 0.1) is 12.2 Å². The fourth-order valence-electron chi connectivity index (χ4n) is 5.22. The highest BCUT2D eigenvalue weighted by Gasteiger charge is 2.30. The Morgan fingerprint density at radius 3 is 2.42 bits per heavy atom. The van der Waals surface area contributed by atoms with Crippen molar-refractivity contribution >= 4 is 45.0 Å². The molecule has 2 aromatic carbocycles. The topological polar surface area (TPSA) is 104 Å². The molecule has 0 radical (unpaired) electrons. The first-order valence-corrected chi connectivity index (χ1v) is 14.1. The van der Waals surface area contributed by atoms with Crippen molar-refractivity contribution in [2.24, 2.45) is 13.0 Å². The van der Waals surface area contributed by atoms with E-state index in [1.165, 1.54) is 23.0 Å². The van der Waals surface area contributed by atoms with Gasteiger partial charge in [0.15, 0.2) is 6.61 Å². The summed E-state index contributed by atoms with van der Waals surface area (Å²) in [6.45, 7) is 3.53. The summed E-state index contributed by atoms with van der Waals surface area (Å²) in [7, 11) is 1.51. The fraction of sp³-hybridized carbons (Fsp3) is 0.290. The maximum absolute atomic E-state index is 13.4. The van der Waals surface area contributed by atoms with Crippen LogP contribution >= 0.6 is 11.3 Å². The Bertz CT molecular complexity index is 1670. The predicted molar refractivity (Wildman–Crippen MR) is 155 cm³/mol. The molecular formula is C31H30N2O6S. The number of thiophene rings is 1. The lowest BCUT2D eigenvalue weighted by molar-refractivity contribution is -0.119. The van der Waals surface area contributed by atoms with Crippen molar-refractivity contribution < 1.29 is 23.9 Å². The summed E-state index contributed by atoms with van der Waals surface area (Å²) in [6, 6.07) is 16.4. The van der Waals surface area contributed by atoms with E-state index in [1.807, 2.05) is 30.3 Å². The number of fused-ring (bicyclic) bond motifs is 2. The first-order chi connectivity index (χ1) is 19.3. The zero-order chi connectivity index (χ0) is 28.4. The van der Waals surface area contributed by atoms with Crippen molar-refractivity contribution in [3.8, 4) is 11.1 Å². The van der Waals surface area contributed by atoms with E-state index in [1.54, 1.807) is 31.2 Å². The molecule has 40 heavy (non-hydrogen) atoms. The number of amides is 1. The first kappa shape index (κ1) is 27.3. The second-order valence-electron chi connectivity index (χ2n) is 9.90. The van der Waals surface area contributed by atoms with Crippen molar-refractivity contribution in [2.75, 3.05) is 18.5 Å². The molecule has 1 unspecified atom stereocenters. The van der Waals surface area contributed by atoms with E-state index in [9.17, 15) is 19.2 Å². The number of aromatic nitrogens is 1. The molecule has 2 heterocycles. The van der Waals surface area contributed by atoms with Crippen LogP contribution < -0.4 is 10.9 Å². The van der Waals surface area contributed by atoms with Gasteiger partial charge in [-0.15, -0.1) is 11.3 Å². The monoisotopic (exact) mass is 558 g/mol. The highest BCUT2D eigenvalue weighted by molar-refractivity contribution is 7.17. The van der Waals surface area contributed by atoms with Gasteiger partial charge in [0, 0.05) is 22.9 Å². The maximum atomic E-state index is 13.4. The molecule has 1 atom stereocenters. The number of ether oxygens (including phenoxy) is 2. The number of nitrogens with one attached hydrogen (secondary N) is 1. The number of anilines is 1. The second kappa shape index (κ2) is 11.5. The van der Waals surface area contributed by atoms with Gasteiger partial charge in [0.25, 0.3) is 11.5 Å². The quantitative estimate of drug-likeness (QED) is 0.306. The van der Waals surface area contributed by atoms with Crippen molar-refractivity contribution in [3.05, 3.63) is 86.6 Å². The average Bonchev–Trinajstić information content (AvgIpc) is 3.30. The van der Waals surface area contributed by atoms with E-state index in [-0.39, 0.29) is 17.9 Å². The van der Waals surface area contributed by atoms with Crippen LogP contribution in [0.5, 0.6) is 0 Å². The van der Waals surface area contributed by atoms with Crippen molar-refractivity contribution in [2.45, 2.75) is 33.1 Å². The van der Waals surface area contributed by atoms with Crippen LogP contribution in [-0.2, 0) is 34.2 Å². The number of hydrogen-bond acceptors (Lipinski definition) is 7. The SMILES string of the molecule is CCOC(=O)c1c(NC(=O)COC(=O)c2c(-c3ccccc3)c3ccccc3c(=O)n2C)sc2c1CCC(C)C2. The molecule has 0 fully saturated rings.